The van der Waals surface area contributed by atoms with Crippen molar-refractivity contribution in [3.63, 3.8) is 0 Å². The molecule has 6 nitrogen and oxygen atoms in total. The van der Waals surface area contributed by atoms with E-state index in [9.17, 15) is 19.8 Å². The molecule has 0 saturated carbocycles. The van der Waals surface area contributed by atoms with Crippen molar-refractivity contribution in [2.75, 3.05) is 13.2 Å². The molecular weight excluding hydrogens is 1090 g/mol. The molecule has 0 aromatic rings. The third-order valence-corrected chi connectivity index (χ3v) is 18.8. The predicted molar refractivity (Wildman–Crippen MR) is 393 cm³/mol. The normalized spacial score (nSPS) is 12.7. The fourth-order valence-electron chi connectivity index (χ4n) is 12.7. The number of unbranched alkanes of at least 4 members (excludes halogenated alkanes) is 59. The van der Waals surface area contributed by atoms with Gasteiger partial charge in [-0.3, -0.25) is 9.59 Å². The van der Waals surface area contributed by atoms with E-state index in [0.29, 0.717) is 19.4 Å². The fraction of sp³-hybridized carbons (Fsp3) is 0.880. The van der Waals surface area contributed by atoms with Gasteiger partial charge in [0.25, 0.3) is 0 Å². The van der Waals surface area contributed by atoms with E-state index < -0.39 is 12.1 Å². The molecule has 3 N–H and O–H groups in total. The zero-order chi connectivity index (χ0) is 64.2. The molecule has 0 radical (unpaired) electrons. The van der Waals surface area contributed by atoms with E-state index in [1.54, 1.807) is 6.08 Å². The molecule has 2 atom stereocenters. The maximum Gasteiger partial charge on any atom is 0.305 e. The minimum Gasteiger partial charge on any atom is -0.466 e. The average molecular weight is 1250 g/mol. The van der Waals surface area contributed by atoms with Crippen LogP contribution in [0.4, 0.5) is 0 Å². The number of carbonyl (C=O) groups excluding carboxylic acids is 2. The van der Waals surface area contributed by atoms with Crippen LogP contribution in [0.3, 0.4) is 0 Å². The summed E-state index contributed by atoms with van der Waals surface area (Å²) in [6.45, 7) is 4.91. The van der Waals surface area contributed by atoms with Gasteiger partial charge in [-0.05, 0) is 83.5 Å². The van der Waals surface area contributed by atoms with Gasteiger partial charge < -0.3 is 20.3 Å². The molecule has 524 valence electrons. The molecule has 0 aromatic carbocycles. The van der Waals surface area contributed by atoms with Crippen LogP contribution in [-0.2, 0) is 14.3 Å². The van der Waals surface area contributed by atoms with Crippen LogP contribution in [-0.4, -0.2) is 47.4 Å². The van der Waals surface area contributed by atoms with E-state index in [1.807, 2.05) is 6.08 Å². The van der Waals surface area contributed by atoms with Crippen molar-refractivity contribution in [1.29, 1.82) is 0 Å². The summed E-state index contributed by atoms with van der Waals surface area (Å²) in [5.74, 6) is -0.0511. The van der Waals surface area contributed by atoms with Gasteiger partial charge in [0.15, 0.2) is 0 Å². The quantitative estimate of drug-likeness (QED) is 0.0320. The summed E-state index contributed by atoms with van der Waals surface area (Å²) < 4.78 is 5.47. The van der Waals surface area contributed by atoms with Gasteiger partial charge in [0.05, 0.1) is 25.4 Å². The number of aliphatic hydroxyl groups excluding tert-OH is 2. The molecular formula is C83H157NO5. The summed E-state index contributed by atoms with van der Waals surface area (Å²) in [5.41, 5.74) is 0. The van der Waals surface area contributed by atoms with Crippen molar-refractivity contribution < 1.29 is 24.5 Å². The first-order valence-corrected chi connectivity index (χ1v) is 40.4. The first kappa shape index (κ1) is 86.8. The number of carbonyl (C=O) groups is 2. The van der Waals surface area contributed by atoms with Crippen LogP contribution < -0.4 is 5.32 Å². The van der Waals surface area contributed by atoms with Crippen LogP contribution in [0, 0.1) is 0 Å². The zero-order valence-electron chi connectivity index (χ0n) is 60.2. The Labute approximate surface area is 556 Å². The Morgan fingerprint density at radius 1 is 0.315 bits per heavy atom. The molecule has 0 saturated heterocycles. The minimum atomic E-state index is -0.844. The minimum absolute atomic E-state index is 0.00930. The Morgan fingerprint density at radius 2 is 0.573 bits per heavy atom. The van der Waals surface area contributed by atoms with Gasteiger partial charge in [-0.2, -0.15) is 0 Å². The van der Waals surface area contributed by atoms with Crippen LogP contribution in [0.5, 0.6) is 0 Å². The Morgan fingerprint density at radius 3 is 0.899 bits per heavy atom. The van der Waals surface area contributed by atoms with Crippen LogP contribution >= 0.6 is 0 Å². The molecule has 0 aliphatic rings. The summed E-state index contributed by atoms with van der Waals surface area (Å²) in [6, 6.07) is -0.627. The van der Waals surface area contributed by atoms with Gasteiger partial charge in [-0.25, -0.2) is 0 Å². The highest BCUT2D eigenvalue weighted by Gasteiger charge is 2.18. The van der Waals surface area contributed by atoms with Crippen LogP contribution in [0.15, 0.2) is 48.6 Å². The first-order valence-electron chi connectivity index (χ1n) is 40.4. The van der Waals surface area contributed by atoms with E-state index in [1.165, 1.54) is 366 Å². The van der Waals surface area contributed by atoms with Crippen LogP contribution in [0.25, 0.3) is 0 Å². The third kappa shape index (κ3) is 74.7. The van der Waals surface area contributed by atoms with Gasteiger partial charge in [-0.1, -0.05) is 396 Å². The van der Waals surface area contributed by atoms with Crippen molar-refractivity contribution in [3.8, 4) is 0 Å². The second-order valence-corrected chi connectivity index (χ2v) is 27.7. The largest absolute Gasteiger partial charge is 0.466 e. The highest BCUT2D eigenvalue weighted by Crippen LogP contribution is 2.20. The van der Waals surface area contributed by atoms with E-state index in [-0.39, 0.29) is 18.5 Å². The number of hydrogen-bond donors (Lipinski definition) is 3. The number of esters is 1. The van der Waals surface area contributed by atoms with Gasteiger partial charge in [0, 0.05) is 12.8 Å². The fourth-order valence-corrected chi connectivity index (χ4v) is 12.7. The van der Waals surface area contributed by atoms with E-state index in [2.05, 4.69) is 55.6 Å². The van der Waals surface area contributed by atoms with Crippen molar-refractivity contribution in [1.82, 2.24) is 5.32 Å². The molecule has 6 heteroatoms. The van der Waals surface area contributed by atoms with Crippen LogP contribution in [0.2, 0.25) is 0 Å². The molecule has 0 fully saturated rings. The van der Waals surface area contributed by atoms with Crippen LogP contribution in [0.1, 0.15) is 444 Å². The van der Waals surface area contributed by atoms with E-state index in [0.717, 1.165) is 51.4 Å². The van der Waals surface area contributed by atoms with Gasteiger partial charge in [0.2, 0.25) is 5.91 Å². The summed E-state index contributed by atoms with van der Waals surface area (Å²) in [5, 5.41) is 23.3. The van der Waals surface area contributed by atoms with Gasteiger partial charge >= 0.3 is 5.97 Å². The van der Waals surface area contributed by atoms with Crippen molar-refractivity contribution in [2.45, 2.75) is 456 Å². The molecule has 0 bridgehead atoms. The lowest BCUT2D eigenvalue weighted by Crippen LogP contribution is -2.45. The summed E-state index contributed by atoms with van der Waals surface area (Å²) in [4.78, 5) is 24.6. The number of aliphatic hydroxyl groups is 2. The molecule has 0 heterocycles. The predicted octanol–water partition coefficient (Wildman–Crippen LogP) is 26.8. The van der Waals surface area contributed by atoms with Gasteiger partial charge in [-0.15, -0.1) is 0 Å². The number of amides is 1. The van der Waals surface area contributed by atoms with Crippen molar-refractivity contribution in [3.05, 3.63) is 48.6 Å². The van der Waals surface area contributed by atoms with Crippen molar-refractivity contribution >= 4 is 11.9 Å². The molecule has 0 aromatic heterocycles. The average Bonchev–Trinajstić information content (AvgIpc) is 3.55. The summed E-state index contributed by atoms with van der Waals surface area (Å²) in [6.07, 6.45) is 104. The number of ether oxygens (including phenoxy) is 1. The molecule has 2 unspecified atom stereocenters. The Bertz CT molecular complexity index is 1490. The maximum absolute atomic E-state index is 12.5. The Balaban J connectivity index is 3.38. The van der Waals surface area contributed by atoms with E-state index in [4.69, 9.17) is 4.74 Å². The molecule has 1 amide bonds. The standard InChI is InChI=1S/C83H157NO5/c1-3-5-7-9-11-13-15-16-17-18-19-20-40-43-46-49-52-56-59-63-67-71-75-81(86)80(79-85)84-82(87)76-72-68-64-60-57-53-50-47-44-41-38-36-34-32-30-28-26-24-22-21-23-25-27-29-31-33-35-37-39-42-45-48-51-54-58-62-66-70-74-78-89-83(88)77-73-69-65-61-55-14-12-10-8-6-4-2/h10,12,21-22,25,27,71,75,80-81,85-86H,3-9,11,13-20,23-24,26,28-70,72-74,76-79H2,1-2H3,(H,84,87)/b12-10-,22-21-,27-25-,75-71+. The SMILES string of the molecule is CCCC/C=C\CCCCCCCC(=O)OCCCCCCCCCCCCCCCCC/C=C\C/C=C\CCCCCCCCCCCCCCCCCCCC(=O)NC(CO)C(O)/C=C/CCCCCCCCCCCCCCCCCCCCCC. The number of allylic oxidation sites excluding steroid dienone is 7. The number of rotatable bonds is 76. The molecule has 0 aliphatic heterocycles. The van der Waals surface area contributed by atoms with Gasteiger partial charge in [0.1, 0.15) is 0 Å². The third-order valence-electron chi connectivity index (χ3n) is 18.8. The van der Waals surface area contributed by atoms with E-state index >= 15 is 0 Å². The second kappa shape index (κ2) is 78.3. The topological polar surface area (TPSA) is 95.9 Å². The Hall–Kier alpha value is -2.18. The second-order valence-electron chi connectivity index (χ2n) is 27.7. The molecule has 0 rings (SSSR count). The number of nitrogens with one attached hydrogen (secondary N) is 1. The van der Waals surface area contributed by atoms with Crippen molar-refractivity contribution in [2.24, 2.45) is 0 Å². The first-order chi connectivity index (χ1) is 44.0. The number of hydrogen-bond acceptors (Lipinski definition) is 5. The molecule has 0 spiro atoms. The molecule has 0 aliphatic carbocycles. The summed E-state index contributed by atoms with van der Waals surface area (Å²) in [7, 11) is 0. The highest BCUT2D eigenvalue weighted by atomic mass is 16.5. The summed E-state index contributed by atoms with van der Waals surface area (Å²) >= 11 is 0. The highest BCUT2D eigenvalue weighted by molar-refractivity contribution is 5.76. The lowest BCUT2D eigenvalue weighted by atomic mass is 10.0. The monoisotopic (exact) mass is 1250 g/mol. The zero-order valence-corrected chi connectivity index (χ0v) is 60.2. The maximum atomic E-state index is 12.5. The Kier molecular flexibility index (Phi) is 76.3. The smallest absolute Gasteiger partial charge is 0.305 e. The molecule has 89 heavy (non-hydrogen) atoms. The lowest BCUT2D eigenvalue weighted by molar-refractivity contribution is -0.143. The lowest BCUT2D eigenvalue weighted by Gasteiger charge is -2.20.